The monoisotopic (exact) mass is 302 g/mol. The van der Waals surface area contributed by atoms with Crippen LogP contribution >= 0.6 is 15.9 Å². The summed E-state index contributed by atoms with van der Waals surface area (Å²) in [5, 5.41) is 29.0. The first-order chi connectivity index (χ1) is 7.97. The van der Waals surface area contributed by atoms with Crippen molar-refractivity contribution in [3.63, 3.8) is 0 Å². The number of aliphatic hydroxyl groups is 2. The summed E-state index contributed by atoms with van der Waals surface area (Å²) in [7, 11) is 0. The maximum atomic E-state index is 10.8. The highest BCUT2D eigenvalue weighted by atomic mass is 79.9. The molecule has 0 aromatic heterocycles. The standard InChI is InChI=1S/C12H15BrO4/c1-7-6-8(12(16)17)2-3-9(7)11(15)10(14)4-5-13/h2-3,6,10-11,14-15H,4-5H2,1H3,(H,16,17). The largest absolute Gasteiger partial charge is 0.478 e. The maximum absolute atomic E-state index is 10.8. The summed E-state index contributed by atoms with van der Waals surface area (Å²) >= 11 is 3.19. The minimum atomic E-state index is -1.00. The van der Waals surface area contributed by atoms with Gasteiger partial charge < -0.3 is 15.3 Å². The fraction of sp³-hybridized carbons (Fsp3) is 0.417. The van der Waals surface area contributed by atoms with Crippen LogP contribution in [-0.2, 0) is 0 Å². The van der Waals surface area contributed by atoms with Crippen molar-refractivity contribution in [3.8, 4) is 0 Å². The molecule has 17 heavy (non-hydrogen) atoms. The fourth-order valence-corrected chi connectivity index (χ4v) is 2.09. The van der Waals surface area contributed by atoms with Gasteiger partial charge in [0.2, 0.25) is 0 Å². The summed E-state index contributed by atoms with van der Waals surface area (Å²) in [5.74, 6) is -1.00. The van der Waals surface area contributed by atoms with Crippen molar-refractivity contribution >= 4 is 21.9 Å². The van der Waals surface area contributed by atoms with Crippen LogP contribution in [0.4, 0.5) is 0 Å². The number of hydrogen-bond acceptors (Lipinski definition) is 3. The van der Waals surface area contributed by atoms with Crippen LogP contribution in [0.15, 0.2) is 18.2 Å². The van der Waals surface area contributed by atoms with Gasteiger partial charge in [0.1, 0.15) is 6.10 Å². The van der Waals surface area contributed by atoms with Crippen molar-refractivity contribution in [2.45, 2.75) is 25.6 Å². The predicted molar refractivity (Wildman–Crippen MR) is 67.5 cm³/mol. The molecule has 1 aromatic rings. The van der Waals surface area contributed by atoms with Gasteiger partial charge in [0, 0.05) is 5.33 Å². The first kappa shape index (κ1) is 14.2. The molecule has 0 saturated heterocycles. The van der Waals surface area contributed by atoms with E-state index in [0.717, 1.165) is 0 Å². The van der Waals surface area contributed by atoms with Crippen molar-refractivity contribution in [1.82, 2.24) is 0 Å². The van der Waals surface area contributed by atoms with Gasteiger partial charge >= 0.3 is 5.97 Å². The summed E-state index contributed by atoms with van der Waals surface area (Å²) in [4.78, 5) is 10.8. The first-order valence-electron chi connectivity index (χ1n) is 5.23. The number of aliphatic hydroxyl groups excluding tert-OH is 2. The normalized spacial score (nSPS) is 14.4. The van der Waals surface area contributed by atoms with E-state index in [4.69, 9.17) is 5.11 Å². The molecule has 94 valence electrons. The number of hydrogen-bond donors (Lipinski definition) is 3. The Labute approximate surface area is 108 Å². The molecule has 0 amide bonds. The molecule has 3 N–H and O–H groups in total. The number of carbonyl (C=O) groups is 1. The topological polar surface area (TPSA) is 77.8 Å². The Morgan fingerprint density at radius 2 is 2.06 bits per heavy atom. The number of carboxylic acid groups (broad SMARTS) is 1. The first-order valence-corrected chi connectivity index (χ1v) is 6.35. The Morgan fingerprint density at radius 3 is 2.53 bits per heavy atom. The SMILES string of the molecule is Cc1cc(C(=O)O)ccc1C(O)C(O)CCBr. The highest BCUT2D eigenvalue weighted by molar-refractivity contribution is 9.09. The lowest BCUT2D eigenvalue weighted by Gasteiger charge is -2.19. The van der Waals surface area contributed by atoms with Crippen molar-refractivity contribution in [1.29, 1.82) is 0 Å². The van der Waals surface area contributed by atoms with E-state index < -0.39 is 18.2 Å². The number of carboxylic acids is 1. The lowest BCUT2D eigenvalue weighted by Crippen LogP contribution is -2.19. The smallest absolute Gasteiger partial charge is 0.335 e. The van der Waals surface area contributed by atoms with Gasteiger partial charge in [0.25, 0.3) is 0 Å². The van der Waals surface area contributed by atoms with Crippen LogP contribution in [0.2, 0.25) is 0 Å². The van der Waals surface area contributed by atoms with Crippen LogP contribution in [0.3, 0.4) is 0 Å². The number of aryl methyl sites for hydroxylation is 1. The van der Waals surface area contributed by atoms with E-state index in [1.807, 2.05) is 0 Å². The minimum absolute atomic E-state index is 0.174. The molecule has 0 heterocycles. The molecule has 5 heteroatoms. The van der Waals surface area contributed by atoms with Gasteiger partial charge in [-0.15, -0.1) is 0 Å². The van der Waals surface area contributed by atoms with Gasteiger partial charge in [-0.25, -0.2) is 4.79 Å². The number of benzene rings is 1. The molecule has 0 fully saturated rings. The van der Waals surface area contributed by atoms with Crippen LogP contribution < -0.4 is 0 Å². The Balaban J connectivity index is 2.95. The molecule has 0 saturated carbocycles. The molecule has 0 aliphatic rings. The lowest BCUT2D eigenvalue weighted by atomic mass is 9.96. The molecule has 0 aliphatic heterocycles. The van der Waals surface area contributed by atoms with Crippen LogP contribution in [0.5, 0.6) is 0 Å². The molecule has 0 bridgehead atoms. The van der Waals surface area contributed by atoms with Crippen LogP contribution in [-0.4, -0.2) is 32.7 Å². The third kappa shape index (κ3) is 3.52. The molecule has 1 rings (SSSR count). The van der Waals surface area contributed by atoms with E-state index in [9.17, 15) is 15.0 Å². The molecular weight excluding hydrogens is 288 g/mol. The zero-order valence-corrected chi connectivity index (χ0v) is 11.0. The van der Waals surface area contributed by atoms with Gasteiger partial charge in [-0.05, 0) is 36.6 Å². The summed E-state index contributed by atoms with van der Waals surface area (Å²) in [6.07, 6.45) is -1.42. The average Bonchev–Trinajstić information content (AvgIpc) is 2.28. The van der Waals surface area contributed by atoms with E-state index in [2.05, 4.69) is 15.9 Å². The molecule has 2 unspecified atom stereocenters. The van der Waals surface area contributed by atoms with E-state index in [1.165, 1.54) is 12.1 Å². The Kier molecular flexibility index (Phi) is 5.11. The summed E-state index contributed by atoms with van der Waals surface area (Å²) < 4.78 is 0. The van der Waals surface area contributed by atoms with Crippen molar-refractivity contribution < 1.29 is 20.1 Å². The second-order valence-corrected chi connectivity index (χ2v) is 4.66. The van der Waals surface area contributed by atoms with Gasteiger partial charge in [0.15, 0.2) is 0 Å². The van der Waals surface area contributed by atoms with E-state index in [-0.39, 0.29) is 5.56 Å². The molecule has 1 aromatic carbocycles. The highest BCUT2D eigenvalue weighted by Crippen LogP contribution is 2.23. The van der Waals surface area contributed by atoms with Crippen LogP contribution in [0, 0.1) is 6.92 Å². The summed E-state index contributed by atoms with van der Waals surface area (Å²) in [6, 6.07) is 4.46. The zero-order chi connectivity index (χ0) is 13.0. The lowest BCUT2D eigenvalue weighted by molar-refractivity contribution is 0.0170. The van der Waals surface area contributed by atoms with Gasteiger partial charge in [0.05, 0.1) is 11.7 Å². The fourth-order valence-electron chi connectivity index (χ4n) is 1.62. The van der Waals surface area contributed by atoms with Crippen molar-refractivity contribution in [2.75, 3.05) is 5.33 Å². The Bertz CT molecular complexity index is 405. The van der Waals surface area contributed by atoms with Gasteiger partial charge in [-0.2, -0.15) is 0 Å². The van der Waals surface area contributed by atoms with Crippen molar-refractivity contribution in [2.24, 2.45) is 0 Å². The summed E-state index contributed by atoms with van der Waals surface area (Å²) in [6.45, 7) is 1.71. The number of aromatic carboxylic acids is 1. The summed E-state index contributed by atoms with van der Waals surface area (Å²) in [5.41, 5.74) is 1.39. The third-order valence-electron chi connectivity index (χ3n) is 2.60. The Hall–Kier alpha value is -0.910. The second-order valence-electron chi connectivity index (χ2n) is 3.87. The number of rotatable bonds is 5. The average molecular weight is 303 g/mol. The maximum Gasteiger partial charge on any atom is 0.335 e. The molecule has 4 nitrogen and oxygen atoms in total. The van der Waals surface area contributed by atoms with Crippen molar-refractivity contribution in [3.05, 3.63) is 34.9 Å². The molecule has 0 spiro atoms. The molecule has 0 aliphatic carbocycles. The van der Waals surface area contributed by atoms with Gasteiger partial charge in [-0.1, -0.05) is 22.0 Å². The third-order valence-corrected chi connectivity index (χ3v) is 3.06. The van der Waals surface area contributed by atoms with Crippen LogP contribution in [0.25, 0.3) is 0 Å². The van der Waals surface area contributed by atoms with E-state index in [0.29, 0.717) is 22.9 Å². The number of alkyl halides is 1. The minimum Gasteiger partial charge on any atom is -0.478 e. The zero-order valence-electron chi connectivity index (χ0n) is 9.43. The second kappa shape index (κ2) is 6.14. The highest BCUT2D eigenvalue weighted by Gasteiger charge is 2.20. The van der Waals surface area contributed by atoms with E-state index in [1.54, 1.807) is 13.0 Å². The molecule has 2 atom stereocenters. The predicted octanol–water partition coefficient (Wildman–Crippen LogP) is 1.87. The molecule has 0 radical (unpaired) electrons. The van der Waals surface area contributed by atoms with Gasteiger partial charge in [-0.3, -0.25) is 0 Å². The van der Waals surface area contributed by atoms with E-state index >= 15 is 0 Å². The van der Waals surface area contributed by atoms with Crippen LogP contribution in [0.1, 0.15) is 34.0 Å². The molecular formula is C12H15BrO4. The number of halogens is 1. The Morgan fingerprint density at radius 1 is 1.41 bits per heavy atom. The quantitative estimate of drug-likeness (QED) is 0.726.